The Morgan fingerprint density at radius 3 is 2.05 bits per heavy atom. The van der Waals surface area contributed by atoms with Gasteiger partial charge in [-0.05, 0) is 5.56 Å². The van der Waals surface area contributed by atoms with Gasteiger partial charge in [0.05, 0.1) is 19.1 Å². The molecule has 0 aliphatic rings. The fraction of sp³-hybridized carbons (Fsp3) is 0.357. The Labute approximate surface area is 126 Å². The smallest absolute Gasteiger partial charge is 0.320 e. The number of methoxy groups -OCH3 is 2. The lowest BCUT2D eigenvalue weighted by atomic mass is 9.83. The van der Waals surface area contributed by atoms with Crippen LogP contribution in [0.1, 0.15) is 17.9 Å². The van der Waals surface area contributed by atoms with E-state index in [1.54, 1.807) is 0 Å². The fourth-order valence-electron chi connectivity index (χ4n) is 2.09. The molecule has 1 aromatic rings. The summed E-state index contributed by atoms with van der Waals surface area (Å²) in [6, 6.07) is 5.26. The number of benzene rings is 1. The maximum Gasteiger partial charge on any atom is 0.320 e. The van der Waals surface area contributed by atoms with Gasteiger partial charge in [0, 0.05) is 24.5 Å². The van der Waals surface area contributed by atoms with Gasteiger partial charge in [-0.1, -0.05) is 12.1 Å². The monoisotopic (exact) mass is 309 g/mol. The number of hydrogen-bond donors (Lipinski definition) is 0. The van der Waals surface area contributed by atoms with Crippen LogP contribution in [-0.2, 0) is 23.9 Å². The minimum absolute atomic E-state index is 0.132. The van der Waals surface area contributed by atoms with Gasteiger partial charge >= 0.3 is 11.9 Å². The fourth-order valence-corrected chi connectivity index (χ4v) is 2.09. The maximum absolute atomic E-state index is 11.8. The largest absolute Gasteiger partial charge is 0.468 e. The van der Waals surface area contributed by atoms with E-state index in [1.165, 1.54) is 24.3 Å². The van der Waals surface area contributed by atoms with Crippen molar-refractivity contribution in [3.8, 4) is 0 Å². The number of carbonyl (C=O) groups is 3. The van der Waals surface area contributed by atoms with Crippen LogP contribution >= 0.6 is 0 Å². The Balaban J connectivity index is 3.23. The summed E-state index contributed by atoms with van der Waals surface area (Å²) in [5, 5.41) is 10.7. The third kappa shape index (κ3) is 3.87. The third-order valence-electron chi connectivity index (χ3n) is 3.19. The minimum atomic E-state index is -1.32. The Kier molecular flexibility index (Phi) is 6.18. The normalized spacial score (nSPS) is 11.6. The van der Waals surface area contributed by atoms with E-state index in [0.717, 1.165) is 14.2 Å². The molecule has 1 aromatic carbocycles. The van der Waals surface area contributed by atoms with Crippen LogP contribution in [-0.4, -0.2) is 37.4 Å². The van der Waals surface area contributed by atoms with E-state index in [9.17, 15) is 24.5 Å². The van der Waals surface area contributed by atoms with Gasteiger partial charge in [-0.15, -0.1) is 0 Å². The molecule has 118 valence electrons. The van der Waals surface area contributed by atoms with Crippen molar-refractivity contribution in [2.75, 3.05) is 14.2 Å². The van der Waals surface area contributed by atoms with Gasteiger partial charge in [-0.25, -0.2) is 0 Å². The summed E-state index contributed by atoms with van der Waals surface area (Å²) < 4.78 is 9.16. The van der Waals surface area contributed by atoms with E-state index in [-0.39, 0.29) is 12.1 Å². The van der Waals surface area contributed by atoms with Crippen LogP contribution in [0.4, 0.5) is 5.69 Å². The van der Waals surface area contributed by atoms with E-state index >= 15 is 0 Å². The summed E-state index contributed by atoms with van der Waals surface area (Å²) in [5.41, 5.74) is 0.291. The van der Waals surface area contributed by atoms with Crippen LogP contribution in [0.5, 0.6) is 0 Å². The lowest BCUT2D eigenvalue weighted by Gasteiger charge is -2.21. The van der Waals surface area contributed by atoms with Gasteiger partial charge in [0.25, 0.3) is 5.69 Å². The molecule has 1 atom stereocenters. The molecule has 0 saturated heterocycles. The molecule has 0 spiro atoms. The molecule has 0 unspecified atom stereocenters. The maximum atomic E-state index is 11.8. The SMILES string of the molecule is COC(=O)C(C(=O)OC)[C@H](CC=O)c1ccc([N+](=O)[O-])cc1. The molecule has 0 aliphatic carbocycles. The van der Waals surface area contributed by atoms with Crippen molar-refractivity contribution < 1.29 is 28.8 Å². The summed E-state index contributed by atoms with van der Waals surface area (Å²) in [4.78, 5) is 44.6. The molecule has 0 aromatic heterocycles. The molecule has 0 saturated carbocycles. The second kappa shape index (κ2) is 7.87. The lowest BCUT2D eigenvalue weighted by molar-refractivity contribution is -0.384. The number of aldehydes is 1. The van der Waals surface area contributed by atoms with Crippen LogP contribution < -0.4 is 0 Å². The number of esters is 2. The van der Waals surface area contributed by atoms with E-state index in [2.05, 4.69) is 9.47 Å². The molecule has 8 nitrogen and oxygen atoms in total. The van der Waals surface area contributed by atoms with E-state index in [4.69, 9.17) is 0 Å². The highest BCUT2D eigenvalue weighted by atomic mass is 16.6. The van der Waals surface area contributed by atoms with E-state index in [1.807, 2.05) is 0 Å². The molecule has 0 fully saturated rings. The predicted octanol–water partition coefficient (Wildman–Crippen LogP) is 1.23. The van der Waals surface area contributed by atoms with Crippen molar-refractivity contribution in [1.29, 1.82) is 0 Å². The second-order valence-corrected chi connectivity index (χ2v) is 4.38. The van der Waals surface area contributed by atoms with Crippen LogP contribution in [0.3, 0.4) is 0 Å². The predicted molar refractivity (Wildman–Crippen MR) is 74.0 cm³/mol. The number of rotatable bonds is 7. The third-order valence-corrected chi connectivity index (χ3v) is 3.19. The second-order valence-electron chi connectivity index (χ2n) is 4.38. The van der Waals surface area contributed by atoms with Gasteiger partial charge in [0.2, 0.25) is 0 Å². The first-order valence-corrected chi connectivity index (χ1v) is 6.29. The molecule has 1 rings (SSSR count). The number of ether oxygens (including phenoxy) is 2. The summed E-state index contributed by atoms with van der Waals surface area (Å²) >= 11 is 0. The van der Waals surface area contributed by atoms with Crippen molar-refractivity contribution in [3.05, 3.63) is 39.9 Å². The van der Waals surface area contributed by atoms with Gasteiger partial charge in [0.15, 0.2) is 5.92 Å². The van der Waals surface area contributed by atoms with Crippen molar-refractivity contribution in [1.82, 2.24) is 0 Å². The molecule has 0 bridgehead atoms. The quantitative estimate of drug-likeness (QED) is 0.245. The molecule has 0 amide bonds. The van der Waals surface area contributed by atoms with Crippen molar-refractivity contribution in [2.45, 2.75) is 12.3 Å². The standard InChI is InChI=1S/C14H15NO7/c1-21-13(17)12(14(18)22-2)11(7-8-16)9-3-5-10(6-4-9)15(19)20/h3-6,8,11-12H,7H2,1-2H3/t11-/m1/s1. The number of non-ortho nitro benzene ring substituents is 1. The highest BCUT2D eigenvalue weighted by Gasteiger charge is 2.37. The van der Waals surface area contributed by atoms with Crippen LogP contribution in [0.25, 0.3) is 0 Å². The Hall–Kier alpha value is -2.77. The first-order chi connectivity index (χ1) is 10.5. The highest BCUT2D eigenvalue weighted by molar-refractivity contribution is 5.96. The van der Waals surface area contributed by atoms with Gasteiger partial charge in [-0.3, -0.25) is 19.7 Å². The number of carbonyl (C=O) groups excluding carboxylic acids is 3. The van der Waals surface area contributed by atoms with Gasteiger partial charge in [-0.2, -0.15) is 0 Å². The average molecular weight is 309 g/mol. The molecule has 0 N–H and O–H groups in total. The lowest BCUT2D eigenvalue weighted by Crippen LogP contribution is -2.32. The summed E-state index contributed by atoms with van der Waals surface area (Å²) in [7, 11) is 2.23. The molecular formula is C14H15NO7. The van der Waals surface area contributed by atoms with Crippen molar-refractivity contribution >= 4 is 23.9 Å². The summed E-state index contributed by atoms with van der Waals surface area (Å²) in [6.07, 6.45) is 0.428. The number of hydrogen-bond acceptors (Lipinski definition) is 7. The molecule has 0 heterocycles. The summed E-state index contributed by atoms with van der Waals surface area (Å²) in [6.45, 7) is 0. The van der Waals surface area contributed by atoms with Gasteiger partial charge < -0.3 is 14.3 Å². The average Bonchev–Trinajstić information content (AvgIpc) is 2.53. The highest BCUT2D eigenvalue weighted by Crippen LogP contribution is 2.30. The molecule has 0 aliphatic heterocycles. The zero-order valence-corrected chi connectivity index (χ0v) is 12.1. The zero-order valence-electron chi connectivity index (χ0n) is 12.1. The first kappa shape index (κ1) is 17.3. The number of nitro groups is 1. The topological polar surface area (TPSA) is 113 Å². The molecule has 8 heteroatoms. The molecule has 22 heavy (non-hydrogen) atoms. The summed E-state index contributed by atoms with van der Waals surface area (Å²) in [5.74, 6) is -3.81. The van der Waals surface area contributed by atoms with Crippen molar-refractivity contribution in [2.24, 2.45) is 5.92 Å². The molecule has 0 radical (unpaired) electrons. The first-order valence-electron chi connectivity index (χ1n) is 6.29. The minimum Gasteiger partial charge on any atom is -0.468 e. The van der Waals surface area contributed by atoms with Crippen LogP contribution in [0, 0.1) is 16.0 Å². The van der Waals surface area contributed by atoms with Gasteiger partial charge in [0.1, 0.15) is 6.29 Å². The Bertz CT molecular complexity index is 551. The number of nitro benzene ring substituents is 1. The Morgan fingerprint density at radius 2 is 1.68 bits per heavy atom. The van der Waals surface area contributed by atoms with Crippen LogP contribution in [0.15, 0.2) is 24.3 Å². The van der Waals surface area contributed by atoms with Crippen LogP contribution in [0.2, 0.25) is 0 Å². The van der Waals surface area contributed by atoms with E-state index in [0.29, 0.717) is 11.8 Å². The Morgan fingerprint density at radius 1 is 1.18 bits per heavy atom. The number of nitrogens with zero attached hydrogens (tertiary/aromatic N) is 1. The van der Waals surface area contributed by atoms with Crippen molar-refractivity contribution in [3.63, 3.8) is 0 Å². The molecular weight excluding hydrogens is 294 g/mol. The zero-order chi connectivity index (χ0) is 16.7. The van der Waals surface area contributed by atoms with E-state index < -0.39 is 28.7 Å².